The number of amides is 1. The molecule has 0 unspecified atom stereocenters. The SMILES string of the molecule is CC(C)(CCc1ccc(-c2ccccn2)cc1)OC(=O)NN. The van der Waals surface area contributed by atoms with Crippen molar-refractivity contribution in [2.75, 3.05) is 0 Å². The van der Waals surface area contributed by atoms with Gasteiger partial charge < -0.3 is 4.74 Å². The number of aromatic nitrogens is 1. The van der Waals surface area contributed by atoms with Crippen LogP contribution in [0.4, 0.5) is 4.79 Å². The summed E-state index contributed by atoms with van der Waals surface area (Å²) >= 11 is 0. The third-order valence-electron chi connectivity index (χ3n) is 3.42. The van der Waals surface area contributed by atoms with Crippen LogP contribution in [0.1, 0.15) is 25.8 Å². The van der Waals surface area contributed by atoms with Crippen molar-refractivity contribution in [1.82, 2.24) is 10.4 Å². The van der Waals surface area contributed by atoms with E-state index in [1.54, 1.807) is 6.20 Å². The lowest BCUT2D eigenvalue weighted by Crippen LogP contribution is -2.38. The number of nitrogens with one attached hydrogen (secondary N) is 1. The summed E-state index contributed by atoms with van der Waals surface area (Å²) in [5.41, 5.74) is 4.64. The zero-order chi connectivity index (χ0) is 16.0. The number of hydrogen-bond acceptors (Lipinski definition) is 4. The van der Waals surface area contributed by atoms with Gasteiger partial charge in [0.25, 0.3) is 0 Å². The molecule has 3 N–H and O–H groups in total. The summed E-state index contributed by atoms with van der Waals surface area (Å²) < 4.78 is 5.22. The van der Waals surface area contributed by atoms with Crippen molar-refractivity contribution in [3.05, 3.63) is 54.2 Å². The van der Waals surface area contributed by atoms with Crippen LogP contribution in [0.5, 0.6) is 0 Å². The maximum Gasteiger partial charge on any atom is 0.421 e. The Morgan fingerprint density at radius 1 is 1.23 bits per heavy atom. The zero-order valence-electron chi connectivity index (χ0n) is 12.9. The lowest BCUT2D eigenvalue weighted by molar-refractivity contribution is 0.0330. The highest BCUT2D eigenvalue weighted by atomic mass is 16.6. The molecular formula is C17H21N3O2. The van der Waals surface area contributed by atoms with E-state index in [-0.39, 0.29) is 0 Å². The van der Waals surface area contributed by atoms with Gasteiger partial charge in [0.15, 0.2) is 0 Å². The fourth-order valence-electron chi connectivity index (χ4n) is 2.15. The van der Waals surface area contributed by atoms with Crippen molar-refractivity contribution in [2.24, 2.45) is 5.84 Å². The molecule has 0 aliphatic heterocycles. The normalized spacial score (nSPS) is 11.0. The molecule has 0 saturated heterocycles. The predicted octanol–water partition coefficient (Wildman–Crippen LogP) is 3.06. The maximum atomic E-state index is 11.2. The first-order valence-corrected chi connectivity index (χ1v) is 7.20. The molecule has 22 heavy (non-hydrogen) atoms. The van der Waals surface area contributed by atoms with Crippen molar-refractivity contribution in [1.29, 1.82) is 0 Å². The van der Waals surface area contributed by atoms with Crippen molar-refractivity contribution in [3.8, 4) is 11.3 Å². The Kier molecular flexibility index (Phi) is 5.12. The molecule has 2 rings (SSSR count). The van der Waals surface area contributed by atoms with Gasteiger partial charge in [-0.15, -0.1) is 0 Å². The lowest BCUT2D eigenvalue weighted by atomic mass is 9.97. The molecule has 5 nitrogen and oxygen atoms in total. The van der Waals surface area contributed by atoms with Crippen LogP contribution in [0.3, 0.4) is 0 Å². The number of nitrogens with two attached hydrogens (primary N) is 1. The van der Waals surface area contributed by atoms with Crippen LogP contribution >= 0.6 is 0 Å². The van der Waals surface area contributed by atoms with Gasteiger partial charge in [-0.05, 0) is 44.4 Å². The molecular weight excluding hydrogens is 278 g/mol. The number of ether oxygens (including phenoxy) is 1. The van der Waals surface area contributed by atoms with E-state index in [9.17, 15) is 4.79 Å². The van der Waals surface area contributed by atoms with Crippen molar-refractivity contribution >= 4 is 6.09 Å². The summed E-state index contributed by atoms with van der Waals surface area (Å²) in [4.78, 5) is 15.5. The molecule has 0 aliphatic rings. The number of carbonyl (C=O) groups is 1. The van der Waals surface area contributed by atoms with E-state index in [0.717, 1.165) is 17.7 Å². The summed E-state index contributed by atoms with van der Waals surface area (Å²) in [6.07, 6.45) is 2.69. The fraction of sp³-hybridized carbons (Fsp3) is 0.294. The topological polar surface area (TPSA) is 77.2 Å². The Hall–Kier alpha value is -2.40. The van der Waals surface area contributed by atoms with Crippen LogP contribution in [-0.2, 0) is 11.2 Å². The molecule has 1 amide bonds. The summed E-state index contributed by atoms with van der Waals surface area (Å²) in [5.74, 6) is 5.03. The second kappa shape index (κ2) is 7.04. The molecule has 0 radical (unpaired) electrons. The molecule has 0 fully saturated rings. The first-order valence-electron chi connectivity index (χ1n) is 7.20. The lowest BCUT2D eigenvalue weighted by Gasteiger charge is -2.24. The number of aryl methyl sites for hydroxylation is 1. The molecule has 5 heteroatoms. The summed E-state index contributed by atoms with van der Waals surface area (Å²) in [6, 6.07) is 14.1. The van der Waals surface area contributed by atoms with Crippen LogP contribution < -0.4 is 11.3 Å². The molecule has 0 saturated carbocycles. The van der Waals surface area contributed by atoms with Gasteiger partial charge in [0.05, 0.1) is 5.69 Å². The van der Waals surface area contributed by atoms with Crippen LogP contribution in [0.2, 0.25) is 0 Å². The highest BCUT2D eigenvalue weighted by molar-refractivity contribution is 5.66. The average Bonchev–Trinajstić information content (AvgIpc) is 2.54. The first-order chi connectivity index (χ1) is 10.5. The van der Waals surface area contributed by atoms with Gasteiger partial charge in [-0.1, -0.05) is 30.3 Å². The Morgan fingerprint density at radius 2 is 1.95 bits per heavy atom. The third-order valence-corrected chi connectivity index (χ3v) is 3.42. The van der Waals surface area contributed by atoms with Gasteiger partial charge in [0.1, 0.15) is 5.60 Å². The zero-order valence-corrected chi connectivity index (χ0v) is 12.9. The van der Waals surface area contributed by atoms with E-state index >= 15 is 0 Å². The Bertz CT molecular complexity index is 610. The van der Waals surface area contributed by atoms with Gasteiger partial charge in [0.2, 0.25) is 0 Å². The van der Waals surface area contributed by atoms with E-state index in [4.69, 9.17) is 10.6 Å². The minimum atomic E-state index is -0.615. The number of hydrogen-bond donors (Lipinski definition) is 2. The average molecular weight is 299 g/mol. The number of pyridine rings is 1. The highest BCUT2D eigenvalue weighted by Gasteiger charge is 2.22. The van der Waals surface area contributed by atoms with Crippen LogP contribution in [0, 0.1) is 0 Å². The molecule has 1 aromatic heterocycles. The number of rotatable bonds is 5. The molecule has 1 heterocycles. The monoisotopic (exact) mass is 299 g/mol. The predicted molar refractivity (Wildman–Crippen MR) is 85.9 cm³/mol. The number of benzene rings is 1. The van der Waals surface area contributed by atoms with Gasteiger partial charge in [-0.25, -0.2) is 10.6 Å². The fourth-order valence-corrected chi connectivity index (χ4v) is 2.15. The quantitative estimate of drug-likeness (QED) is 0.505. The summed E-state index contributed by atoms with van der Waals surface area (Å²) in [7, 11) is 0. The second-order valence-corrected chi connectivity index (χ2v) is 5.71. The van der Waals surface area contributed by atoms with Gasteiger partial charge in [-0.2, -0.15) is 0 Å². The van der Waals surface area contributed by atoms with Crippen LogP contribution in [0.25, 0.3) is 11.3 Å². The molecule has 0 aliphatic carbocycles. The summed E-state index contributed by atoms with van der Waals surface area (Å²) in [6.45, 7) is 3.73. The standard InChI is InChI=1S/C17H21N3O2/c1-17(2,22-16(21)20-18)11-10-13-6-8-14(9-7-13)15-5-3-4-12-19-15/h3-9,12H,10-11,18H2,1-2H3,(H,20,21). The van der Waals surface area contributed by atoms with Crippen molar-refractivity contribution in [3.63, 3.8) is 0 Å². The molecule has 2 aromatic rings. The number of carbonyl (C=O) groups excluding carboxylic acids is 1. The summed E-state index contributed by atoms with van der Waals surface area (Å²) in [5, 5.41) is 0. The number of nitrogens with zero attached hydrogens (tertiary/aromatic N) is 1. The minimum absolute atomic E-state index is 0.566. The maximum absolute atomic E-state index is 11.2. The van der Waals surface area contributed by atoms with E-state index in [2.05, 4.69) is 29.2 Å². The van der Waals surface area contributed by atoms with Crippen molar-refractivity contribution in [2.45, 2.75) is 32.3 Å². The van der Waals surface area contributed by atoms with Crippen molar-refractivity contribution < 1.29 is 9.53 Å². The Labute approximate surface area is 130 Å². The smallest absolute Gasteiger partial charge is 0.421 e. The Morgan fingerprint density at radius 3 is 2.55 bits per heavy atom. The van der Waals surface area contributed by atoms with Gasteiger partial charge in [0, 0.05) is 11.8 Å². The Balaban J connectivity index is 1.96. The van der Waals surface area contributed by atoms with E-state index in [0.29, 0.717) is 6.42 Å². The van der Waals surface area contributed by atoms with Gasteiger partial charge >= 0.3 is 6.09 Å². The molecule has 1 aromatic carbocycles. The first kappa shape index (κ1) is 16.0. The second-order valence-electron chi connectivity index (χ2n) is 5.71. The highest BCUT2D eigenvalue weighted by Crippen LogP contribution is 2.21. The largest absolute Gasteiger partial charge is 0.443 e. The van der Waals surface area contributed by atoms with E-state index in [1.807, 2.05) is 37.5 Å². The van der Waals surface area contributed by atoms with E-state index < -0.39 is 11.7 Å². The molecule has 0 atom stereocenters. The van der Waals surface area contributed by atoms with Gasteiger partial charge in [-0.3, -0.25) is 10.4 Å². The van der Waals surface area contributed by atoms with Crippen LogP contribution in [0.15, 0.2) is 48.7 Å². The third kappa shape index (κ3) is 4.56. The molecule has 116 valence electrons. The van der Waals surface area contributed by atoms with Crippen LogP contribution in [-0.4, -0.2) is 16.7 Å². The molecule has 0 spiro atoms. The minimum Gasteiger partial charge on any atom is -0.443 e. The number of hydrazine groups is 1. The molecule has 0 bridgehead atoms. The van der Waals surface area contributed by atoms with E-state index in [1.165, 1.54) is 5.56 Å².